The van der Waals surface area contributed by atoms with Crippen LogP contribution in [0.2, 0.25) is 0 Å². The Morgan fingerprint density at radius 1 is 1.47 bits per heavy atom. The monoisotopic (exact) mass is 223 g/mol. The molecule has 1 N–H and O–H groups in total. The third-order valence-corrected chi connectivity index (χ3v) is 3.53. The molecule has 1 aromatic rings. The van der Waals surface area contributed by atoms with E-state index >= 15 is 0 Å². The zero-order valence-electron chi connectivity index (χ0n) is 9.46. The Bertz CT molecular complexity index is 371. The second-order valence-corrected chi connectivity index (χ2v) is 6.11. The predicted molar refractivity (Wildman–Crippen MR) is 63.5 cm³/mol. The van der Waals surface area contributed by atoms with Gasteiger partial charge in [0.1, 0.15) is 0 Å². The molecular weight excluding hydrogens is 206 g/mol. The van der Waals surface area contributed by atoms with Crippen molar-refractivity contribution in [3.63, 3.8) is 0 Å². The van der Waals surface area contributed by atoms with Gasteiger partial charge in [-0.3, -0.25) is 4.79 Å². The minimum atomic E-state index is 0.0954. The lowest BCUT2D eigenvalue weighted by Crippen LogP contribution is -2.24. The first-order valence-corrected chi connectivity index (χ1v) is 6.24. The van der Waals surface area contributed by atoms with Gasteiger partial charge in [-0.2, -0.15) is 0 Å². The van der Waals surface area contributed by atoms with Crippen LogP contribution in [0.25, 0.3) is 0 Å². The molecule has 1 amide bonds. The van der Waals surface area contributed by atoms with Crippen molar-refractivity contribution in [3.8, 4) is 0 Å². The van der Waals surface area contributed by atoms with Crippen LogP contribution < -0.4 is 5.32 Å². The lowest BCUT2D eigenvalue weighted by molar-refractivity contribution is 0.0955. The molecule has 82 valence electrons. The summed E-state index contributed by atoms with van der Waals surface area (Å²) >= 11 is 1.54. The number of nitrogens with one attached hydrogen (secondary N) is 1. The van der Waals surface area contributed by atoms with E-state index in [9.17, 15) is 4.79 Å². The molecule has 1 saturated carbocycles. The summed E-state index contributed by atoms with van der Waals surface area (Å²) in [6.07, 6.45) is 2.28. The highest BCUT2D eigenvalue weighted by molar-refractivity contribution is 7.12. The first kappa shape index (κ1) is 10.7. The molecule has 2 rings (SSSR count). The maximum Gasteiger partial charge on any atom is 0.261 e. The molecule has 0 spiro atoms. The van der Waals surface area contributed by atoms with E-state index in [2.05, 4.69) is 31.5 Å². The van der Waals surface area contributed by atoms with Crippen molar-refractivity contribution in [3.05, 3.63) is 21.9 Å². The van der Waals surface area contributed by atoms with Crippen molar-refractivity contribution >= 4 is 17.2 Å². The van der Waals surface area contributed by atoms with Crippen molar-refractivity contribution in [2.24, 2.45) is 0 Å². The Hall–Kier alpha value is -0.830. The smallest absolute Gasteiger partial charge is 0.261 e. The highest BCUT2D eigenvalue weighted by Gasteiger charge is 2.25. The van der Waals surface area contributed by atoms with Gasteiger partial charge in [-0.05, 0) is 35.3 Å². The third kappa shape index (κ3) is 2.59. The fraction of sp³-hybridized carbons (Fsp3) is 0.583. The minimum absolute atomic E-state index is 0.0954. The number of carbonyl (C=O) groups is 1. The molecule has 0 aliphatic heterocycles. The number of hydrogen-bond acceptors (Lipinski definition) is 2. The Labute approximate surface area is 94.7 Å². The minimum Gasteiger partial charge on any atom is -0.349 e. The van der Waals surface area contributed by atoms with Crippen molar-refractivity contribution in [2.75, 3.05) is 0 Å². The summed E-state index contributed by atoms with van der Waals surface area (Å²) in [5.41, 5.74) is 1.38. The van der Waals surface area contributed by atoms with E-state index in [4.69, 9.17) is 0 Å². The van der Waals surface area contributed by atoms with Gasteiger partial charge in [-0.1, -0.05) is 20.8 Å². The van der Waals surface area contributed by atoms with Gasteiger partial charge in [0.05, 0.1) is 4.88 Å². The normalized spacial score (nSPS) is 16.5. The van der Waals surface area contributed by atoms with Gasteiger partial charge in [-0.25, -0.2) is 0 Å². The van der Waals surface area contributed by atoms with Gasteiger partial charge in [0.25, 0.3) is 5.91 Å². The van der Waals surface area contributed by atoms with Crippen LogP contribution in [0.15, 0.2) is 11.4 Å². The quantitative estimate of drug-likeness (QED) is 0.820. The molecule has 1 fully saturated rings. The first-order chi connectivity index (χ1) is 6.97. The van der Waals surface area contributed by atoms with Crippen LogP contribution in [0.4, 0.5) is 0 Å². The summed E-state index contributed by atoms with van der Waals surface area (Å²) in [6.45, 7) is 6.49. The van der Waals surface area contributed by atoms with Crippen molar-refractivity contribution in [2.45, 2.75) is 45.1 Å². The fourth-order valence-electron chi connectivity index (χ4n) is 1.33. The lowest BCUT2D eigenvalue weighted by atomic mass is 9.89. The summed E-state index contributed by atoms with van der Waals surface area (Å²) in [7, 11) is 0. The molecule has 1 aromatic heterocycles. The zero-order valence-corrected chi connectivity index (χ0v) is 10.3. The van der Waals surface area contributed by atoms with Crippen molar-refractivity contribution in [1.29, 1.82) is 0 Å². The zero-order chi connectivity index (χ0) is 11.1. The van der Waals surface area contributed by atoms with E-state index in [0.29, 0.717) is 6.04 Å². The van der Waals surface area contributed by atoms with E-state index in [1.165, 1.54) is 5.56 Å². The van der Waals surface area contributed by atoms with Crippen LogP contribution in [-0.2, 0) is 5.41 Å². The Morgan fingerprint density at radius 2 is 2.13 bits per heavy atom. The second-order valence-electron chi connectivity index (χ2n) is 5.20. The first-order valence-electron chi connectivity index (χ1n) is 5.37. The van der Waals surface area contributed by atoms with Crippen LogP contribution in [0.1, 0.15) is 48.8 Å². The van der Waals surface area contributed by atoms with Gasteiger partial charge in [-0.15, -0.1) is 11.3 Å². The Balaban J connectivity index is 2.08. The molecule has 2 nitrogen and oxygen atoms in total. The molecule has 0 aromatic carbocycles. The molecule has 1 heterocycles. The van der Waals surface area contributed by atoms with E-state index in [0.717, 1.165) is 17.7 Å². The van der Waals surface area contributed by atoms with Crippen LogP contribution in [0.3, 0.4) is 0 Å². The maximum absolute atomic E-state index is 11.7. The summed E-state index contributed by atoms with van der Waals surface area (Å²) < 4.78 is 0. The third-order valence-electron chi connectivity index (χ3n) is 2.60. The molecule has 0 unspecified atom stereocenters. The standard InChI is InChI=1S/C12H17NOS/c1-12(2,3)8-6-10(15-7-8)11(14)13-9-4-5-9/h6-7,9H,4-5H2,1-3H3,(H,13,14). The van der Waals surface area contributed by atoms with E-state index < -0.39 is 0 Å². The van der Waals surface area contributed by atoms with E-state index in [-0.39, 0.29) is 11.3 Å². The number of amides is 1. The van der Waals surface area contributed by atoms with E-state index in [1.54, 1.807) is 11.3 Å². The van der Waals surface area contributed by atoms with Crippen LogP contribution in [0.5, 0.6) is 0 Å². The average molecular weight is 223 g/mol. The lowest BCUT2D eigenvalue weighted by Gasteiger charge is -2.15. The highest BCUT2D eigenvalue weighted by atomic mass is 32.1. The molecule has 15 heavy (non-hydrogen) atoms. The Kier molecular flexibility index (Phi) is 2.59. The fourth-order valence-corrected chi connectivity index (χ4v) is 2.37. The van der Waals surface area contributed by atoms with Crippen LogP contribution in [0, 0.1) is 0 Å². The van der Waals surface area contributed by atoms with Crippen LogP contribution in [-0.4, -0.2) is 11.9 Å². The summed E-state index contributed by atoms with van der Waals surface area (Å²) in [5, 5.41) is 5.09. The van der Waals surface area contributed by atoms with Crippen molar-refractivity contribution in [1.82, 2.24) is 5.32 Å². The molecular formula is C12H17NOS. The van der Waals surface area contributed by atoms with Gasteiger partial charge < -0.3 is 5.32 Å². The molecule has 0 bridgehead atoms. The van der Waals surface area contributed by atoms with Crippen molar-refractivity contribution < 1.29 is 4.79 Å². The van der Waals surface area contributed by atoms with Gasteiger partial charge in [0, 0.05) is 6.04 Å². The SMILES string of the molecule is CC(C)(C)c1csc(C(=O)NC2CC2)c1. The van der Waals surface area contributed by atoms with E-state index in [1.807, 2.05) is 6.07 Å². The summed E-state index contributed by atoms with van der Waals surface area (Å²) in [4.78, 5) is 12.6. The summed E-state index contributed by atoms with van der Waals surface area (Å²) in [6, 6.07) is 2.46. The van der Waals surface area contributed by atoms with Gasteiger partial charge >= 0.3 is 0 Å². The predicted octanol–water partition coefficient (Wildman–Crippen LogP) is 2.94. The number of carbonyl (C=O) groups excluding carboxylic acids is 1. The number of thiophene rings is 1. The molecule has 0 saturated heterocycles. The largest absolute Gasteiger partial charge is 0.349 e. The summed E-state index contributed by atoms with van der Waals surface area (Å²) in [5.74, 6) is 0.0954. The molecule has 1 aliphatic carbocycles. The number of rotatable bonds is 2. The molecule has 0 radical (unpaired) electrons. The van der Waals surface area contributed by atoms with Gasteiger partial charge in [0.2, 0.25) is 0 Å². The van der Waals surface area contributed by atoms with Gasteiger partial charge in [0.15, 0.2) is 0 Å². The molecule has 3 heteroatoms. The topological polar surface area (TPSA) is 29.1 Å². The van der Waals surface area contributed by atoms with Crippen LogP contribution >= 0.6 is 11.3 Å². The maximum atomic E-state index is 11.7. The highest BCUT2D eigenvalue weighted by Crippen LogP contribution is 2.28. The number of hydrogen-bond donors (Lipinski definition) is 1. The molecule has 0 atom stereocenters. The second kappa shape index (κ2) is 3.63. The average Bonchev–Trinajstić information content (AvgIpc) is 2.80. The Morgan fingerprint density at radius 3 is 2.60 bits per heavy atom. The molecule has 1 aliphatic rings.